The first-order valence-corrected chi connectivity index (χ1v) is 16.4. The fraction of sp³-hybridized carbons (Fsp3) is 0.556. The maximum absolute atomic E-state index is 12.4. The highest BCUT2D eigenvalue weighted by Crippen LogP contribution is 2.41. The normalized spacial score (nSPS) is 21.2. The van der Waals surface area contributed by atoms with Gasteiger partial charge in [-0.15, -0.1) is 5.09 Å². The maximum Gasteiger partial charge on any atom is 0.333 e. The van der Waals surface area contributed by atoms with Crippen molar-refractivity contribution in [2.24, 2.45) is 22.2 Å². The predicted molar refractivity (Wildman–Crippen MR) is 167 cm³/mol. The number of fused-ring (bicyclic) bond motifs is 1. The molecule has 5 atom stereocenters. The minimum absolute atomic E-state index is 0.0113. The summed E-state index contributed by atoms with van der Waals surface area (Å²) in [4.78, 5) is 37.3. The molecule has 1 fully saturated rings. The van der Waals surface area contributed by atoms with Crippen LogP contribution >= 0.6 is 20.3 Å². The molecule has 2 aromatic heterocycles. The van der Waals surface area contributed by atoms with Gasteiger partial charge in [-0.3, -0.25) is 9.36 Å². The zero-order valence-corrected chi connectivity index (χ0v) is 26.6. The van der Waals surface area contributed by atoms with E-state index >= 15 is 0 Å². The van der Waals surface area contributed by atoms with Gasteiger partial charge in [-0.1, -0.05) is 68.0 Å². The lowest BCUT2D eigenvalue weighted by Crippen LogP contribution is -2.31. The standard InChI is InChI=1S/C27H39N8O6PS/c1-5-38-23-21-22(32-26(29)33-23)35(16-30-21)24-17(2)20(34-37)19(41-24)14-40-42(31-13-18-9-7-6-8-10-18)39-11-12-43-25(36)27(3,4)15-28/h6-10,16-17,19-20,24,31H,5,11-15,28H2,1-4H3,(H2,29,32,33)/p+1. The van der Waals surface area contributed by atoms with Gasteiger partial charge >= 0.3 is 8.53 Å². The van der Waals surface area contributed by atoms with Gasteiger partial charge in [0.25, 0.3) is 0 Å². The monoisotopic (exact) mass is 635 g/mol. The molecule has 0 spiro atoms. The third kappa shape index (κ3) is 8.24. The van der Waals surface area contributed by atoms with E-state index in [1.165, 1.54) is 11.8 Å². The van der Waals surface area contributed by atoms with Crippen molar-refractivity contribution >= 4 is 42.5 Å². The Hall–Kier alpha value is -2.78. The molecule has 16 heteroatoms. The van der Waals surface area contributed by atoms with Crippen molar-refractivity contribution in [1.82, 2.24) is 24.6 Å². The van der Waals surface area contributed by atoms with Crippen molar-refractivity contribution in [3.63, 3.8) is 0 Å². The van der Waals surface area contributed by atoms with Gasteiger partial charge < -0.3 is 20.9 Å². The van der Waals surface area contributed by atoms with Crippen LogP contribution in [0.5, 0.6) is 5.88 Å². The number of hydrogen-bond donors (Lipinski definition) is 3. The number of anilines is 1. The Balaban J connectivity index is 1.43. The van der Waals surface area contributed by atoms with Crippen molar-refractivity contribution in [3.05, 3.63) is 47.1 Å². The van der Waals surface area contributed by atoms with Crippen LogP contribution in [0.25, 0.3) is 11.2 Å². The van der Waals surface area contributed by atoms with Gasteiger partial charge in [0.05, 0.1) is 19.5 Å². The Morgan fingerprint density at radius 3 is 2.72 bits per heavy atom. The average molecular weight is 636 g/mol. The zero-order chi connectivity index (χ0) is 31.0. The number of carbonyl (C=O) groups is 1. The molecule has 0 radical (unpaired) electrons. The molecule has 1 aromatic carbocycles. The number of nitrogens with two attached hydrogens (primary N) is 2. The molecule has 43 heavy (non-hydrogen) atoms. The number of nitrogens with one attached hydrogen (secondary N) is 1. The van der Waals surface area contributed by atoms with Crippen LogP contribution in [0.4, 0.5) is 5.95 Å². The fourth-order valence-corrected chi connectivity index (χ4v) is 6.67. The van der Waals surface area contributed by atoms with Crippen molar-refractivity contribution < 1.29 is 23.3 Å². The molecule has 3 aromatic rings. The molecule has 0 aliphatic carbocycles. The summed E-state index contributed by atoms with van der Waals surface area (Å²) in [7, 11) is -2.03. The second kappa shape index (κ2) is 15.3. The van der Waals surface area contributed by atoms with Crippen molar-refractivity contribution in [2.75, 3.05) is 37.9 Å². The molecule has 3 heterocycles. The highest BCUT2D eigenvalue weighted by Gasteiger charge is 2.46. The number of aromatic nitrogens is 4. The average Bonchev–Trinajstić information content (AvgIpc) is 3.56. The minimum atomic E-state index is -2.03. The van der Waals surface area contributed by atoms with Gasteiger partial charge in [-0.05, 0) is 12.5 Å². The smallest absolute Gasteiger partial charge is 0.333 e. The first-order valence-electron chi connectivity index (χ1n) is 14.1. The van der Waals surface area contributed by atoms with Crippen LogP contribution in [0.1, 0.15) is 39.5 Å². The van der Waals surface area contributed by atoms with Crippen LogP contribution in [0.3, 0.4) is 0 Å². The van der Waals surface area contributed by atoms with Gasteiger partial charge in [0.1, 0.15) is 31.6 Å². The Labute approximate surface area is 255 Å². The summed E-state index contributed by atoms with van der Waals surface area (Å²) in [5.74, 6) is 0.443. The second-order valence-electron chi connectivity index (χ2n) is 10.7. The van der Waals surface area contributed by atoms with E-state index in [1.54, 1.807) is 10.9 Å². The van der Waals surface area contributed by atoms with Crippen LogP contribution < -0.4 is 21.3 Å². The molecule has 0 amide bonds. The van der Waals surface area contributed by atoms with Crippen LogP contribution in [-0.2, 0) is 25.1 Å². The molecule has 5 N–H and O–H groups in total. The van der Waals surface area contributed by atoms with E-state index in [1.807, 2.05) is 58.0 Å². The molecule has 1 aliphatic heterocycles. The van der Waals surface area contributed by atoms with E-state index < -0.39 is 32.3 Å². The number of nitroso groups, excluding NO2 is 1. The van der Waals surface area contributed by atoms with Crippen molar-refractivity contribution in [3.8, 4) is 5.88 Å². The molecular weight excluding hydrogens is 595 g/mol. The zero-order valence-electron chi connectivity index (χ0n) is 24.8. The van der Waals surface area contributed by atoms with E-state index in [4.69, 9.17) is 30.0 Å². The van der Waals surface area contributed by atoms with Gasteiger partial charge in [0.2, 0.25) is 11.8 Å². The Bertz CT molecular complexity index is 1370. The van der Waals surface area contributed by atoms with Gasteiger partial charge in [0, 0.05) is 23.6 Å². The molecule has 4 rings (SSSR count). The molecular formula is C27H40N8O6PS+. The summed E-state index contributed by atoms with van der Waals surface area (Å²) in [6.07, 6.45) is 0.314. The largest absolute Gasteiger partial charge is 0.476 e. The molecule has 1 aliphatic rings. The highest BCUT2D eigenvalue weighted by molar-refractivity contribution is 8.13. The number of rotatable bonds is 16. The lowest BCUT2D eigenvalue weighted by Gasteiger charge is -2.19. The number of hydrogen-bond acceptors (Lipinski definition) is 14. The Morgan fingerprint density at radius 2 is 2.02 bits per heavy atom. The Kier molecular flexibility index (Phi) is 11.8. The number of nitrogen functional groups attached to an aromatic ring is 1. The SMILES string of the molecule is CCOc1nc(N)nc2c1ncn2C1OC(CO[PH+](NCc2ccccc2)OCCSC(=O)C(C)(C)CN)C(N=O)C1C. The van der Waals surface area contributed by atoms with Crippen molar-refractivity contribution in [1.29, 1.82) is 0 Å². The maximum atomic E-state index is 12.4. The summed E-state index contributed by atoms with van der Waals surface area (Å²) >= 11 is 1.19. The van der Waals surface area contributed by atoms with E-state index in [9.17, 15) is 9.70 Å². The summed E-state index contributed by atoms with van der Waals surface area (Å²) in [6.45, 7) is 8.89. The third-order valence-electron chi connectivity index (χ3n) is 7.04. The fourth-order valence-electron chi connectivity index (χ4n) is 4.46. The van der Waals surface area contributed by atoms with Crippen LogP contribution in [0.15, 0.2) is 41.8 Å². The number of nitrogens with zero attached hydrogens (tertiary/aromatic N) is 5. The first kappa shape index (κ1) is 33.1. The summed E-state index contributed by atoms with van der Waals surface area (Å²) < 4.78 is 25.9. The number of carbonyl (C=O) groups excluding carboxylic acids is 1. The van der Waals surface area contributed by atoms with E-state index in [2.05, 4.69) is 25.2 Å². The lowest BCUT2D eigenvalue weighted by atomic mass is 9.96. The molecule has 5 unspecified atom stereocenters. The van der Waals surface area contributed by atoms with Crippen LogP contribution in [-0.4, -0.2) is 68.9 Å². The van der Waals surface area contributed by atoms with Gasteiger partial charge in [0.15, 0.2) is 16.3 Å². The summed E-state index contributed by atoms with van der Waals surface area (Å²) in [6, 6.07) is 9.15. The summed E-state index contributed by atoms with van der Waals surface area (Å²) in [5, 5.41) is 6.73. The van der Waals surface area contributed by atoms with Crippen molar-refractivity contribution in [2.45, 2.75) is 52.6 Å². The summed E-state index contributed by atoms with van der Waals surface area (Å²) in [5.41, 5.74) is 13.0. The highest BCUT2D eigenvalue weighted by atomic mass is 32.2. The van der Waals surface area contributed by atoms with Gasteiger partial charge in [-0.2, -0.15) is 23.9 Å². The van der Waals surface area contributed by atoms with E-state index in [0.29, 0.717) is 30.1 Å². The molecule has 0 saturated carbocycles. The lowest BCUT2D eigenvalue weighted by molar-refractivity contribution is -0.117. The molecule has 0 bridgehead atoms. The number of thioether (sulfide) groups is 1. The molecule has 234 valence electrons. The minimum Gasteiger partial charge on any atom is -0.476 e. The topological polar surface area (TPSA) is 191 Å². The second-order valence-corrected chi connectivity index (χ2v) is 13.2. The number of ether oxygens (including phenoxy) is 2. The van der Waals surface area contributed by atoms with Gasteiger partial charge in [-0.25, -0.2) is 4.98 Å². The van der Waals surface area contributed by atoms with E-state index in [0.717, 1.165) is 5.56 Å². The number of benzene rings is 1. The molecule has 1 saturated heterocycles. The predicted octanol–water partition coefficient (Wildman–Crippen LogP) is 3.50. The van der Waals surface area contributed by atoms with Crippen LogP contribution in [0.2, 0.25) is 0 Å². The Morgan fingerprint density at radius 1 is 1.26 bits per heavy atom. The third-order valence-corrected chi connectivity index (χ3v) is 9.58. The van der Waals surface area contributed by atoms with E-state index in [-0.39, 0.29) is 42.6 Å². The molecule has 14 nitrogen and oxygen atoms in total. The number of imidazole rings is 1. The first-order chi connectivity index (χ1) is 20.7. The van der Waals surface area contributed by atoms with Crippen LogP contribution in [0, 0.1) is 16.2 Å². The quantitative estimate of drug-likeness (QED) is 0.118.